The Balaban J connectivity index is 2.39. The first-order valence-corrected chi connectivity index (χ1v) is 6.50. The van der Waals surface area contributed by atoms with Crippen molar-refractivity contribution >= 4 is 17.3 Å². The molecule has 0 unspecified atom stereocenters. The number of nitrogen functional groups attached to an aromatic ring is 1. The van der Waals surface area contributed by atoms with Crippen molar-refractivity contribution in [3.8, 4) is 5.75 Å². The van der Waals surface area contributed by atoms with Gasteiger partial charge in [0, 0.05) is 17.9 Å². The van der Waals surface area contributed by atoms with Gasteiger partial charge in [0.25, 0.3) is 5.91 Å². The summed E-state index contributed by atoms with van der Waals surface area (Å²) in [6.07, 6.45) is 0. The molecular formula is C16H18N2O2. The number of amides is 1. The molecule has 1 amide bonds. The summed E-state index contributed by atoms with van der Waals surface area (Å²) in [5, 5.41) is 10.0. The molecule has 0 aliphatic carbocycles. The molecule has 0 atom stereocenters. The van der Waals surface area contributed by atoms with Gasteiger partial charge in [-0.1, -0.05) is 12.1 Å². The highest BCUT2D eigenvalue weighted by atomic mass is 16.3. The number of hydrogen-bond donors (Lipinski definition) is 2. The van der Waals surface area contributed by atoms with Crippen molar-refractivity contribution in [3.05, 3.63) is 53.6 Å². The number of benzene rings is 2. The smallest absolute Gasteiger partial charge is 0.262 e. The molecule has 0 spiro atoms. The highest BCUT2D eigenvalue weighted by Crippen LogP contribution is 2.25. The lowest BCUT2D eigenvalue weighted by Gasteiger charge is -2.22. The number of hydrogen-bond acceptors (Lipinski definition) is 3. The zero-order valence-corrected chi connectivity index (χ0v) is 11.6. The van der Waals surface area contributed by atoms with Gasteiger partial charge in [0.1, 0.15) is 5.75 Å². The van der Waals surface area contributed by atoms with Gasteiger partial charge < -0.3 is 15.7 Å². The van der Waals surface area contributed by atoms with Crippen LogP contribution in [0.3, 0.4) is 0 Å². The minimum atomic E-state index is -0.224. The monoisotopic (exact) mass is 270 g/mol. The molecule has 0 saturated carbocycles. The summed E-state index contributed by atoms with van der Waals surface area (Å²) in [6, 6.07) is 12.3. The third-order valence-electron chi connectivity index (χ3n) is 3.23. The Bertz CT molecular complexity index is 621. The molecule has 4 nitrogen and oxygen atoms in total. The van der Waals surface area contributed by atoms with E-state index in [-0.39, 0.29) is 11.7 Å². The summed E-state index contributed by atoms with van der Waals surface area (Å²) in [5.74, 6) is -0.190. The van der Waals surface area contributed by atoms with Crippen LogP contribution in [-0.4, -0.2) is 17.6 Å². The predicted molar refractivity (Wildman–Crippen MR) is 81.0 cm³/mol. The molecule has 2 rings (SSSR count). The first-order chi connectivity index (χ1) is 9.54. The molecule has 0 aromatic heterocycles. The number of nitrogens with two attached hydrogens (primary N) is 1. The van der Waals surface area contributed by atoms with Crippen molar-refractivity contribution in [2.24, 2.45) is 0 Å². The van der Waals surface area contributed by atoms with E-state index >= 15 is 0 Å². The highest BCUT2D eigenvalue weighted by molar-refractivity contribution is 6.08. The Kier molecular flexibility index (Phi) is 3.94. The molecule has 0 radical (unpaired) electrons. The van der Waals surface area contributed by atoms with E-state index in [0.717, 1.165) is 5.69 Å². The average Bonchev–Trinajstić information content (AvgIpc) is 2.44. The molecule has 3 N–H and O–H groups in total. The van der Waals surface area contributed by atoms with Crippen molar-refractivity contribution in [1.82, 2.24) is 0 Å². The molecule has 20 heavy (non-hydrogen) atoms. The van der Waals surface area contributed by atoms with Crippen LogP contribution in [-0.2, 0) is 0 Å². The predicted octanol–water partition coefficient (Wildman–Crippen LogP) is 2.95. The quantitative estimate of drug-likeness (QED) is 0.843. The van der Waals surface area contributed by atoms with Crippen LogP contribution in [0.25, 0.3) is 0 Å². The number of carbonyl (C=O) groups is 1. The lowest BCUT2D eigenvalue weighted by Crippen LogP contribution is -2.30. The second-order valence-corrected chi connectivity index (χ2v) is 4.61. The van der Waals surface area contributed by atoms with E-state index in [1.54, 1.807) is 54.3 Å². The van der Waals surface area contributed by atoms with Crippen molar-refractivity contribution in [1.29, 1.82) is 0 Å². The van der Waals surface area contributed by atoms with Crippen LogP contribution in [0.5, 0.6) is 5.75 Å². The van der Waals surface area contributed by atoms with Crippen LogP contribution in [0.4, 0.5) is 11.4 Å². The Morgan fingerprint density at radius 3 is 2.45 bits per heavy atom. The maximum atomic E-state index is 12.6. The van der Waals surface area contributed by atoms with E-state index in [1.165, 1.54) is 0 Å². The van der Waals surface area contributed by atoms with Gasteiger partial charge in [-0.25, -0.2) is 0 Å². The number of rotatable bonds is 3. The second-order valence-electron chi connectivity index (χ2n) is 4.61. The molecular weight excluding hydrogens is 252 g/mol. The number of aromatic hydroxyl groups is 1. The molecule has 0 saturated heterocycles. The third kappa shape index (κ3) is 2.59. The van der Waals surface area contributed by atoms with E-state index in [4.69, 9.17) is 5.73 Å². The van der Waals surface area contributed by atoms with Crippen molar-refractivity contribution in [3.63, 3.8) is 0 Å². The van der Waals surface area contributed by atoms with E-state index in [0.29, 0.717) is 23.4 Å². The zero-order chi connectivity index (χ0) is 14.7. The van der Waals surface area contributed by atoms with E-state index in [2.05, 4.69) is 0 Å². The van der Waals surface area contributed by atoms with Gasteiger partial charge >= 0.3 is 0 Å². The maximum absolute atomic E-state index is 12.6. The summed E-state index contributed by atoms with van der Waals surface area (Å²) in [6.45, 7) is 4.17. The van der Waals surface area contributed by atoms with Gasteiger partial charge in [-0.15, -0.1) is 0 Å². The Morgan fingerprint density at radius 2 is 1.85 bits per heavy atom. The fourth-order valence-corrected chi connectivity index (χ4v) is 2.07. The maximum Gasteiger partial charge on any atom is 0.262 e. The second kappa shape index (κ2) is 5.65. The third-order valence-corrected chi connectivity index (χ3v) is 3.23. The number of para-hydroxylation sites is 1. The summed E-state index contributed by atoms with van der Waals surface area (Å²) < 4.78 is 0. The van der Waals surface area contributed by atoms with E-state index < -0.39 is 0 Å². The molecule has 0 bridgehead atoms. The first kappa shape index (κ1) is 13.9. The van der Waals surface area contributed by atoms with E-state index in [9.17, 15) is 9.90 Å². The van der Waals surface area contributed by atoms with Gasteiger partial charge in [-0.05, 0) is 49.7 Å². The SMILES string of the molecule is CCN(C(=O)c1cccc(C)c1O)c1ccc(N)cc1. The van der Waals surface area contributed by atoms with Crippen LogP contribution in [0.15, 0.2) is 42.5 Å². The Hall–Kier alpha value is -2.49. The Labute approximate surface area is 118 Å². The van der Waals surface area contributed by atoms with Crippen LogP contribution in [0, 0.1) is 6.92 Å². The molecule has 4 heteroatoms. The molecule has 2 aromatic rings. The van der Waals surface area contributed by atoms with Gasteiger partial charge in [0.15, 0.2) is 0 Å². The zero-order valence-electron chi connectivity index (χ0n) is 11.6. The van der Waals surface area contributed by atoms with Crippen LogP contribution in [0.1, 0.15) is 22.8 Å². The number of aryl methyl sites for hydroxylation is 1. The fourth-order valence-electron chi connectivity index (χ4n) is 2.07. The van der Waals surface area contributed by atoms with Crippen LogP contribution >= 0.6 is 0 Å². The highest BCUT2D eigenvalue weighted by Gasteiger charge is 2.19. The molecule has 0 heterocycles. The van der Waals surface area contributed by atoms with Crippen molar-refractivity contribution < 1.29 is 9.90 Å². The molecule has 0 fully saturated rings. The minimum Gasteiger partial charge on any atom is -0.507 e. The number of carbonyl (C=O) groups excluding carboxylic acids is 1. The fraction of sp³-hybridized carbons (Fsp3) is 0.188. The average molecular weight is 270 g/mol. The van der Waals surface area contributed by atoms with Crippen LogP contribution < -0.4 is 10.6 Å². The summed E-state index contributed by atoms with van der Waals surface area (Å²) in [7, 11) is 0. The minimum absolute atomic E-state index is 0.0337. The van der Waals surface area contributed by atoms with Gasteiger partial charge in [0.2, 0.25) is 0 Å². The van der Waals surface area contributed by atoms with Crippen LogP contribution in [0.2, 0.25) is 0 Å². The standard InChI is InChI=1S/C16H18N2O2/c1-3-18(13-9-7-12(17)8-10-13)16(20)14-6-4-5-11(2)15(14)19/h4-10,19H,3,17H2,1-2H3. The number of phenols is 1. The molecule has 2 aromatic carbocycles. The van der Waals surface area contributed by atoms with Gasteiger partial charge in [-0.3, -0.25) is 4.79 Å². The first-order valence-electron chi connectivity index (χ1n) is 6.50. The lowest BCUT2D eigenvalue weighted by atomic mass is 10.1. The largest absolute Gasteiger partial charge is 0.507 e. The van der Waals surface area contributed by atoms with Crippen molar-refractivity contribution in [2.45, 2.75) is 13.8 Å². The van der Waals surface area contributed by atoms with Gasteiger partial charge in [0.05, 0.1) is 5.56 Å². The normalized spacial score (nSPS) is 10.3. The Morgan fingerprint density at radius 1 is 1.20 bits per heavy atom. The van der Waals surface area contributed by atoms with Gasteiger partial charge in [-0.2, -0.15) is 0 Å². The topological polar surface area (TPSA) is 66.6 Å². The lowest BCUT2D eigenvalue weighted by molar-refractivity contribution is 0.0985. The number of nitrogens with zero attached hydrogens (tertiary/aromatic N) is 1. The molecule has 0 aliphatic heterocycles. The summed E-state index contributed by atoms with van der Waals surface area (Å²) >= 11 is 0. The van der Waals surface area contributed by atoms with Crippen molar-refractivity contribution in [2.75, 3.05) is 17.2 Å². The summed E-state index contributed by atoms with van der Waals surface area (Å²) in [4.78, 5) is 14.2. The van der Waals surface area contributed by atoms with E-state index in [1.807, 2.05) is 6.92 Å². The molecule has 0 aliphatic rings. The number of anilines is 2. The summed E-state index contributed by atoms with van der Waals surface area (Å²) in [5.41, 5.74) is 8.06. The number of phenolic OH excluding ortho intramolecular Hbond substituents is 1. The molecule has 104 valence electrons.